The van der Waals surface area contributed by atoms with E-state index in [-0.39, 0.29) is 6.10 Å². The van der Waals surface area contributed by atoms with Crippen molar-refractivity contribution in [1.82, 2.24) is 0 Å². The van der Waals surface area contributed by atoms with Gasteiger partial charge in [-0.3, -0.25) is 0 Å². The Morgan fingerprint density at radius 2 is 1.78 bits per heavy atom. The van der Waals surface area contributed by atoms with E-state index in [1.807, 2.05) is 0 Å². The number of aryl methyl sites for hydroxylation is 2. The van der Waals surface area contributed by atoms with Crippen LogP contribution in [0.15, 0.2) is 18.2 Å². The fourth-order valence-corrected chi connectivity index (χ4v) is 3.67. The van der Waals surface area contributed by atoms with Gasteiger partial charge >= 0.3 is 0 Å². The molecule has 1 aliphatic rings. The maximum absolute atomic E-state index is 10.8. The molecule has 0 saturated heterocycles. The number of aliphatic hydroxyl groups excluding tert-OH is 1. The van der Waals surface area contributed by atoms with Crippen LogP contribution in [0, 0.1) is 25.7 Å². The molecule has 1 aromatic rings. The van der Waals surface area contributed by atoms with E-state index in [0.29, 0.717) is 11.8 Å². The van der Waals surface area contributed by atoms with Gasteiger partial charge in [-0.05, 0) is 48.8 Å². The van der Waals surface area contributed by atoms with Gasteiger partial charge in [0.1, 0.15) is 0 Å². The number of rotatable bonds is 3. The molecule has 18 heavy (non-hydrogen) atoms. The van der Waals surface area contributed by atoms with Crippen LogP contribution in [-0.4, -0.2) is 5.11 Å². The maximum atomic E-state index is 10.8. The minimum atomic E-state index is -0.267. The Labute approximate surface area is 111 Å². The van der Waals surface area contributed by atoms with Crippen LogP contribution in [0.3, 0.4) is 0 Å². The van der Waals surface area contributed by atoms with Crippen LogP contribution < -0.4 is 0 Å². The fourth-order valence-electron chi connectivity index (χ4n) is 3.67. The molecular formula is C17H26O. The largest absolute Gasteiger partial charge is 0.388 e. The standard InChI is InChI=1S/C17H26O/c1-4-14-10-5-6-11-15(14)17(18)16-12(2)8-7-9-13(16)3/h7-9,14-15,17-18H,4-6,10-11H2,1-3H3. The molecule has 1 aliphatic carbocycles. The third-order valence-electron chi connectivity index (χ3n) is 4.74. The van der Waals surface area contributed by atoms with E-state index in [0.717, 1.165) is 0 Å². The zero-order chi connectivity index (χ0) is 13.1. The average molecular weight is 246 g/mol. The van der Waals surface area contributed by atoms with Gasteiger partial charge in [0.2, 0.25) is 0 Å². The molecule has 3 unspecified atom stereocenters. The van der Waals surface area contributed by atoms with E-state index >= 15 is 0 Å². The van der Waals surface area contributed by atoms with E-state index in [1.165, 1.54) is 48.8 Å². The third kappa shape index (κ3) is 2.61. The van der Waals surface area contributed by atoms with Crippen molar-refractivity contribution in [3.8, 4) is 0 Å². The summed E-state index contributed by atoms with van der Waals surface area (Å²) >= 11 is 0. The lowest BCUT2D eigenvalue weighted by Gasteiger charge is -2.35. The topological polar surface area (TPSA) is 20.2 Å². The van der Waals surface area contributed by atoms with Crippen LogP contribution in [0.25, 0.3) is 0 Å². The maximum Gasteiger partial charge on any atom is 0.0825 e. The molecule has 1 heteroatoms. The summed E-state index contributed by atoms with van der Waals surface area (Å²) in [6.45, 7) is 6.51. The van der Waals surface area contributed by atoms with Crippen molar-refractivity contribution in [3.05, 3.63) is 34.9 Å². The predicted molar refractivity (Wildman–Crippen MR) is 76.6 cm³/mol. The van der Waals surface area contributed by atoms with Crippen LogP contribution in [0.4, 0.5) is 0 Å². The Balaban J connectivity index is 2.26. The summed E-state index contributed by atoms with van der Waals surface area (Å²) in [6.07, 6.45) is 6.04. The van der Waals surface area contributed by atoms with Crippen LogP contribution in [0.1, 0.15) is 61.8 Å². The van der Waals surface area contributed by atoms with Gasteiger partial charge in [-0.2, -0.15) is 0 Å². The Hall–Kier alpha value is -0.820. The highest BCUT2D eigenvalue weighted by Gasteiger charge is 2.31. The monoisotopic (exact) mass is 246 g/mol. The normalized spacial score (nSPS) is 26.0. The van der Waals surface area contributed by atoms with Gasteiger partial charge in [0.25, 0.3) is 0 Å². The first kappa shape index (κ1) is 13.6. The zero-order valence-electron chi connectivity index (χ0n) is 11.9. The van der Waals surface area contributed by atoms with Gasteiger partial charge in [-0.15, -0.1) is 0 Å². The Morgan fingerprint density at radius 1 is 1.17 bits per heavy atom. The summed E-state index contributed by atoms with van der Waals surface area (Å²) in [5, 5.41) is 10.8. The van der Waals surface area contributed by atoms with Crippen molar-refractivity contribution in [3.63, 3.8) is 0 Å². The van der Waals surface area contributed by atoms with Gasteiger partial charge in [0, 0.05) is 0 Å². The van der Waals surface area contributed by atoms with E-state index in [4.69, 9.17) is 0 Å². The van der Waals surface area contributed by atoms with Crippen LogP contribution in [0.2, 0.25) is 0 Å². The van der Waals surface area contributed by atoms with Crippen molar-refractivity contribution in [2.75, 3.05) is 0 Å². The van der Waals surface area contributed by atoms with Gasteiger partial charge < -0.3 is 5.11 Å². The SMILES string of the molecule is CCC1CCCCC1C(O)c1c(C)cccc1C. The average Bonchev–Trinajstić information content (AvgIpc) is 2.38. The fraction of sp³-hybridized carbons (Fsp3) is 0.647. The molecule has 0 aliphatic heterocycles. The van der Waals surface area contributed by atoms with Crippen molar-refractivity contribution < 1.29 is 5.11 Å². The molecule has 1 fully saturated rings. The van der Waals surface area contributed by atoms with Crippen molar-refractivity contribution >= 4 is 0 Å². The summed E-state index contributed by atoms with van der Waals surface area (Å²) in [4.78, 5) is 0. The molecular weight excluding hydrogens is 220 g/mol. The zero-order valence-corrected chi connectivity index (χ0v) is 11.9. The number of aliphatic hydroxyl groups is 1. The summed E-state index contributed by atoms with van der Waals surface area (Å²) in [7, 11) is 0. The lowest BCUT2D eigenvalue weighted by Crippen LogP contribution is -2.26. The molecule has 100 valence electrons. The second-order valence-corrected chi connectivity index (χ2v) is 5.87. The first-order valence-corrected chi connectivity index (χ1v) is 7.39. The predicted octanol–water partition coefficient (Wildman–Crippen LogP) is 4.55. The molecule has 1 aromatic carbocycles. The first-order valence-electron chi connectivity index (χ1n) is 7.39. The smallest absolute Gasteiger partial charge is 0.0825 e. The lowest BCUT2D eigenvalue weighted by atomic mass is 9.72. The number of hydrogen-bond donors (Lipinski definition) is 1. The summed E-state index contributed by atoms with van der Waals surface area (Å²) in [5.41, 5.74) is 3.66. The number of hydrogen-bond acceptors (Lipinski definition) is 1. The van der Waals surface area contributed by atoms with Crippen LogP contribution >= 0.6 is 0 Å². The molecule has 1 saturated carbocycles. The summed E-state index contributed by atoms with van der Waals surface area (Å²) in [6, 6.07) is 6.32. The molecule has 0 aromatic heterocycles. The van der Waals surface area contributed by atoms with Gasteiger partial charge in [-0.25, -0.2) is 0 Å². The van der Waals surface area contributed by atoms with Gasteiger partial charge in [0.15, 0.2) is 0 Å². The molecule has 2 rings (SSSR count). The minimum absolute atomic E-state index is 0.267. The summed E-state index contributed by atoms with van der Waals surface area (Å²) in [5.74, 6) is 1.16. The van der Waals surface area contributed by atoms with Crippen molar-refractivity contribution in [2.24, 2.45) is 11.8 Å². The molecule has 0 heterocycles. The van der Waals surface area contributed by atoms with Crippen molar-refractivity contribution in [2.45, 2.75) is 59.0 Å². The Morgan fingerprint density at radius 3 is 2.39 bits per heavy atom. The second kappa shape index (κ2) is 5.88. The van der Waals surface area contributed by atoms with E-state index in [2.05, 4.69) is 39.0 Å². The van der Waals surface area contributed by atoms with Gasteiger partial charge in [-0.1, -0.05) is 50.8 Å². The van der Waals surface area contributed by atoms with Crippen LogP contribution in [-0.2, 0) is 0 Å². The molecule has 0 spiro atoms. The quantitative estimate of drug-likeness (QED) is 0.829. The highest BCUT2D eigenvalue weighted by Crippen LogP contribution is 2.41. The molecule has 0 radical (unpaired) electrons. The Kier molecular flexibility index (Phi) is 4.45. The lowest BCUT2D eigenvalue weighted by molar-refractivity contribution is 0.0443. The third-order valence-corrected chi connectivity index (χ3v) is 4.74. The highest BCUT2D eigenvalue weighted by molar-refractivity contribution is 5.35. The Bertz CT molecular complexity index is 376. The molecule has 1 nitrogen and oxygen atoms in total. The van der Waals surface area contributed by atoms with Gasteiger partial charge in [0.05, 0.1) is 6.10 Å². The summed E-state index contributed by atoms with van der Waals surface area (Å²) < 4.78 is 0. The molecule has 1 N–H and O–H groups in total. The first-order chi connectivity index (χ1) is 8.65. The van der Waals surface area contributed by atoms with E-state index in [1.54, 1.807) is 0 Å². The van der Waals surface area contributed by atoms with Crippen LogP contribution in [0.5, 0.6) is 0 Å². The highest BCUT2D eigenvalue weighted by atomic mass is 16.3. The molecule has 0 bridgehead atoms. The second-order valence-electron chi connectivity index (χ2n) is 5.87. The van der Waals surface area contributed by atoms with E-state index in [9.17, 15) is 5.11 Å². The van der Waals surface area contributed by atoms with Crippen molar-refractivity contribution in [1.29, 1.82) is 0 Å². The van der Waals surface area contributed by atoms with E-state index < -0.39 is 0 Å². The minimum Gasteiger partial charge on any atom is -0.388 e. The number of benzene rings is 1. The molecule has 0 amide bonds. The molecule has 3 atom stereocenters.